The summed E-state index contributed by atoms with van der Waals surface area (Å²) in [5, 5.41) is 36.7. The van der Waals surface area contributed by atoms with Crippen LogP contribution in [0.25, 0.3) is 0 Å². The number of benzene rings is 4. The highest BCUT2D eigenvalue weighted by atomic mass is 32.2. The SMILES string of the molecule is Cc1ccc(CSC[C@H](NC(=O)[C@H](CCCCNC(=O)OCc2ccccc2)NC(=O)OC(C)(C)C)C(=O)N[C@H](C(=O)N[C@@H](CO)C(=O)N[C@@H](CSCc2ccc(C)cc2)C(=O)OCc2ccccc2)[C@@H](C)O)cc1. The molecule has 20 heteroatoms. The molecule has 0 saturated carbocycles. The number of hydrogen-bond acceptors (Lipinski definition) is 14. The van der Waals surface area contributed by atoms with Crippen molar-refractivity contribution >= 4 is 65.3 Å². The maximum absolute atomic E-state index is 14.2. The van der Waals surface area contributed by atoms with Gasteiger partial charge in [0.25, 0.3) is 0 Å². The number of carbonyl (C=O) groups excluding carboxylic acids is 7. The van der Waals surface area contributed by atoms with E-state index < -0.39 is 90.3 Å². The number of ether oxygens (including phenoxy) is 3. The number of aryl methyl sites for hydroxylation is 2. The van der Waals surface area contributed by atoms with Gasteiger partial charge < -0.3 is 56.3 Å². The van der Waals surface area contributed by atoms with Crippen molar-refractivity contribution < 1.29 is 58.0 Å². The molecule has 0 bridgehead atoms. The lowest BCUT2D eigenvalue weighted by Gasteiger charge is -2.28. The van der Waals surface area contributed by atoms with Crippen molar-refractivity contribution in [2.24, 2.45) is 0 Å². The highest BCUT2D eigenvalue weighted by Gasteiger charge is 2.35. The molecule has 406 valence electrons. The first-order valence-corrected chi connectivity index (χ1v) is 27.0. The molecule has 0 saturated heterocycles. The lowest BCUT2D eigenvalue weighted by atomic mass is 10.1. The number of alkyl carbamates (subject to hydrolysis) is 2. The lowest BCUT2D eigenvalue weighted by Crippen LogP contribution is -2.62. The molecule has 0 aliphatic rings. The van der Waals surface area contributed by atoms with E-state index in [2.05, 4.69) is 31.9 Å². The molecular formula is C55H72N6O12S2. The van der Waals surface area contributed by atoms with Gasteiger partial charge in [0.1, 0.15) is 49.0 Å². The fourth-order valence-electron chi connectivity index (χ4n) is 6.95. The maximum atomic E-state index is 14.2. The predicted molar refractivity (Wildman–Crippen MR) is 289 cm³/mol. The third kappa shape index (κ3) is 23.6. The number of hydrogen-bond donors (Lipinski definition) is 8. The largest absolute Gasteiger partial charge is 0.459 e. The number of aliphatic hydroxyl groups is 2. The highest BCUT2D eigenvalue weighted by Crippen LogP contribution is 2.18. The van der Waals surface area contributed by atoms with Crippen molar-refractivity contribution in [3.8, 4) is 0 Å². The number of thioether (sulfide) groups is 2. The molecule has 6 amide bonds. The number of carbonyl (C=O) groups is 7. The van der Waals surface area contributed by atoms with E-state index in [-0.39, 0.29) is 37.7 Å². The van der Waals surface area contributed by atoms with Crippen molar-refractivity contribution in [2.75, 3.05) is 24.7 Å². The van der Waals surface area contributed by atoms with Gasteiger partial charge in [0.15, 0.2) is 0 Å². The van der Waals surface area contributed by atoms with Gasteiger partial charge in [-0.2, -0.15) is 23.5 Å². The van der Waals surface area contributed by atoms with Crippen molar-refractivity contribution in [1.29, 1.82) is 0 Å². The summed E-state index contributed by atoms with van der Waals surface area (Å²) in [5.41, 5.74) is 4.69. The van der Waals surface area contributed by atoms with Gasteiger partial charge >= 0.3 is 18.2 Å². The Bertz CT molecular complexity index is 2430. The Kier molecular flexibility index (Phi) is 26.0. The van der Waals surface area contributed by atoms with Crippen LogP contribution in [0.15, 0.2) is 109 Å². The molecule has 75 heavy (non-hydrogen) atoms. The molecule has 4 rings (SSSR count). The van der Waals surface area contributed by atoms with E-state index in [4.69, 9.17) is 14.2 Å². The van der Waals surface area contributed by atoms with Gasteiger partial charge in [0, 0.05) is 29.6 Å². The van der Waals surface area contributed by atoms with E-state index in [9.17, 15) is 43.8 Å². The maximum Gasteiger partial charge on any atom is 0.408 e. The van der Waals surface area contributed by atoms with Gasteiger partial charge in [-0.1, -0.05) is 120 Å². The number of aliphatic hydroxyl groups excluding tert-OH is 2. The zero-order chi connectivity index (χ0) is 54.8. The fourth-order valence-corrected chi connectivity index (χ4v) is 8.97. The van der Waals surface area contributed by atoms with Crippen LogP contribution < -0.4 is 31.9 Å². The molecule has 0 aliphatic heterocycles. The molecule has 8 N–H and O–H groups in total. The number of nitrogens with one attached hydrogen (secondary N) is 6. The van der Waals surface area contributed by atoms with E-state index in [1.165, 1.54) is 30.4 Å². The minimum atomic E-state index is -1.71. The summed E-state index contributed by atoms with van der Waals surface area (Å²) in [4.78, 5) is 94.8. The monoisotopic (exact) mass is 1070 g/mol. The van der Waals surface area contributed by atoms with E-state index in [1.807, 2.05) is 98.8 Å². The second-order valence-electron chi connectivity index (χ2n) is 18.9. The van der Waals surface area contributed by atoms with Gasteiger partial charge in [-0.05, 0) is 83.1 Å². The Balaban J connectivity index is 1.46. The molecule has 0 aromatic heterocycles. The fraction of sp³-hybridized carbons (Fsp3) is 0.436. The van der Waals surface area contributed by atoms with Gasteiger partial charge in [0.05, 0.1) is 12.7 Å². The quantitative estimate of drug-likeness (QED) is 0.0189. The summed E-state index contributed by atoms with van der Waals surface area (Å²) in [6, 6.07) is 26.6. The first-order valence-electron chi connectivity index (χ1n) is 24.7. The summed E-state index contributed by atoms with van der Waals surface area (Å²) < 4.78 is 16.3. The van der Waals surface area contributed by atoms with Crippen molar-refractivity contribution in [2.45, 2.75) is 127 Å². The van der Waals surface area contributed by atoms with Crippen LogP contribution in [0, 0.1) is 13.8 Å². The number of amides is 6. The van der Waals surface area contributed by atoms with E-state index >= 15 is 0 Å². The Morgan fingerprint density at radius 2 is 1.03 bits per heavy atom. The topological polar surface area (TPSA) is 260 Å². The third-order valence-corrected chi connectivity index (χ3v) is 13.3. The van der Waals surface area contributed by atoms with Crippen LogP contribution in [-0.4, -0.2) is 119 Å². The summed E-state index contributed by atoms with van der Waals surface area (Å²) in [6.45, 7) is 9.44. The molecule has 18 nitrogen and oxygen atoms in total. The summed E-state index contributed by atoms with van der Waals surface area (Å²) in [7, 11) is 0. The van der Waals surface area contributed by atoms with Crippen molar-refractivity contribution in [3.63, 3.8) is 0 Å². The highest BCUT2D eigenvalue weighted by molar-refractivity contribution is 7.98. The van der Waals surface area contributed by atoms with Gasteiger partial charge in [-0.3, -0.25) is 19.2 Å². The zero-order valence-corrected chi connectivity index (χ0v) is 45.1. The molecule has 0 spiro atoms. The van der Waals surface area contributed by atoms with Crippen LogP contribution in [0.2, 0.25) is 0 Å². The third-order valence-electron chi connectivity index (χ3n) is 11.1. The Morgan fingerprint density at radius 3 is 1.55 bits per heavy atom. The molecule has 0 heterocycles. The minimum absolute atomic E-state index is 0.0286. The Hall–Kier alpha value is -6.61. The summed E-state index contributed by atoms with van der Waals surface area (Å²) in [5.74, 6) is -3.37. The van der Waals surface area contributed by atoms with Crippen LogP contribution in [0.4, 0.5) is 9.59 Å². The molecule has 6 atom stereocenters. The van der Waals surface area contributed by atoms with E-state index in [0.29, 0.717) is 24.3 Å². The summed E-state index contributed by atoms with van der Waals surface area (Å²) >= 11 is 2.67. The normalized spacial score (nSPS) is 13.5. The molecule has 4 aromatic rings. The van der Waals surface area contributed by atoms with Crippen molar-refractivity contribution in [1.82, 2.24) is 31.9 Å². The second-order valence-corrected chi connectivity index (χ2v) is 20.9. The van der Waals surface area contributed by atoms with Crippen LogP contribution in [0.1, 0.15) is 80.3 Å². The summed E-state index contributed by atoms with van der Waals surface area (Å²) in [6.07, 6.45) is -2.28. The Morgan fingerprint density at radius 1 is 0.547 bits per heavy atom. The first kappa shape index (κ1) is 60.9. The van der Waals surface area contributed by atoms with Gasteiger partial charge in [-0.25, -0.2) is 14.4 Å². The second kappa shape index (κ2) is 32.0. The van der Waals surface area contributed by atoms with Gasteiger partial charge in [-0.15, -0.1) is 0 Å². The van der Waals surface area contributed by atoms with Crippen LogP contribution in [0.3, 0.4) is 0 Å². The van der Waals surface area contributed by atoms with E-state index in [1.54, 1.807) is 45.0 Å². The molecule has 0 fully saturated rings. The molecular weight excluding hydrogens is 1000 g/mol. The van der Waals surface area contributed by atoms with Crippen LogP contribution >= 0.6 is 23.5 Å². The number of unbranched alkanes of at least 4 members (excludes halogenated alkanes) is 1. The predicted octanol–water partition coefficient (Wildman–Crippen LogP) is 5.52. The molecule has 0 radical (unpaired) electrons. The Labute approximate surface area is 448 Å². The number of rotatable bonds is 29. The standard InChI is InChI=1S/C55H72N6O12S2/c1-36-20-24-41(25-21-36)32-74-34-45(58-48(64)43(60-54(70)73-55(4,5)6)19-13-14-28-56-53(69)72-31-40-17-11-8-12-18-40)50(66)61-47(38(3)63)51(67)57-44(29-62)49(65)59-46(35-75-33-42-26-22-37(2)23-27-42)52(68)71-30-39-15-9-7-10-16-39/h7-12,15-18,20-27,38,43-47,62-63H,13-14,19,28-35H2,1-6H3,(H,56,69)(H,57,67)(H,58,64)(H,59,65)(H,60,70)(H,61,66)/t38-,43+,44+,45+,46+,47+/m1/s1. The average Bonchev–Trinajstić information content (AvgIpc) is 3.37. The van der Waals surface area contributed by atoms with Crippen molar-refractivity contribution in [3.05, 3.63) is 143 Å². The van der Waals surface area contributed by atoms with Gasteiger partial charge in [0.2, 0.25) is 23.6 Å². The van der Waals surface area contributed by atoms with Crippen LogP contribution in [0.5, 0.6) is 0 Å². The molecule has 0 aliphatic carbocycles. The molecule has 4 aromatic carbocycles. The number of esters is 1. The smallest absolute Gasteiger partial charge is 0.408 e. The first-order chi connectivity index (χ1) is 35.8. The van der Waals surface area contributed by atoms with E-state index in [0.717, 1.165) is 33.4 Å². The van der Waals surface area contributed by atoms with Crippen LogP contribution in [-0.2, 0) is 62.9 Å². The average molecular weight is 1070 g/mol. The lowest BCUT2D eigenvalue weighted by molar-refractivity contribution is -0.148. The molecule has 0 unspecified atom stereocenters. The zero-order valence-electron chi connectivity index (χ0n) is 43.4. The minimum Gasteiger partial charge on any atom is -0.459 e.